The fourth-order valence-electron chi connectivity index (χ4n) is 4.52. The summed E-state index contributed by atoms with van der Waals surface area (Å²) < 4.78 is 5.62. The van der Waals surface area contributed by atoms with Crippen molar-refractivity contribution in [3.63, 3.8) is 0 Å². The zero-order valence-electron chi connectivity index (χ0n) is 9.25. The largest absolute Gasteiger partial charge is 0.458 e. The van der Waals surface area contributed by atoms with Gasteiger partial charge in [-0.25, -0.2) is 0 Å². The average Bonchev–Trinajstić information content (AvgIpc) is 2.12. The predicted molar refractivity (Wildman–Crippen MR) is 62.2 cm³/mol. The second kappa shape index (κ2) is 3.45. The van der Waals surface area contributed by atoms with Gasteiger partial charge in [-0.1, -0.05) is 15.9 Å². The van der Waals surface area contributed by atoms with Crippen LogP contribution in [-0.2, 0) is 9.53 Å². The zero-order chi connectivity index (χ0) is 11.4. The highest BCUT2D eigenvalue weighted by molar-refractivity contribution is 9.09. The third kappa shape index (κ3) is 1.70. The summed E-state index contributed by atoms with van der Waals surface area (Å²) in [5.41, 5.74) is -0.889. The van der Waals surface area contributed by atoms with E-state index in [9.17, 15) is 9.90 Å². The van der Waals surface area contributed by atoms with Gasteiger partial charge in [-0.05, 0) is 43.9 Å². The molecule has 0 saturated heterocycles. The summed E-state index contributed by atoms with van der Waals surface area (Å²) in [5.74, 6) is 0.939. The molecule has 0 aromatic carbocycles. The van der Waals surface area contributed by atoms with Crippen molar-refractivity contribution in [1.82, 2.24) is 0 Å². The molecule has 0 amide bonds. The molecule has 4 bridgehead atoms. The second-order valence-electron chi connectivity index (χ2n) is 5.98. The Bertz CT molecular complexity index is 314. The molecular weight excluding hydrogens is 272 g/mol. The third-order valence-corrected chi connectivity index (χ3v) is 4.87. The Morgan fingerprint density at radius 3 is 2.44 bits per heavy atom. The molecule has 90 valence electrons. The maximum atomic E-state index is 11.5. The Hall–Kier alpha value is -0.0900. The lowest BCUT2D eigenvalue weighted by atomic mass is 9.52. The highest BCUT2D eigenvalue weighted by Gasteiger charge is 2.59. The van der Waals surface area contributed by atoms with E-state index in [1.165, 1.54) is 6.42 Å². The number of carbonyl (C=O) groups excluding carboxylic acids is 1. The van der Waals surface area contributed by atoms with Gasteiger partial charge in [-0.3, -0.25) is 4.79 Å². The molecule has 16 heavy (non-hydrogen) atoms. The smallest absolute Gasteiger partial charge is 0.317 e. The van der Waals surface area contributed by atoms with Crippen molar-refractivity contribution in [2.45, 2.75) is 49.7 Å². The molecular formula is C12H17BrO3. The zero-order valence-corrected chi connectivity index (χ0v) is 10.8. The van der Waals surface area contributed by atoms with Gasteiger partial charge < -0.3 is 9.84 Å². The molecule has 4 aliphatic carbocycles. The van der Waals surface area contributed by atoms with Gasteiger partial charge in [-0.2, -0.15) is 0 Å². The van der Waals surface area contributed by atoms with Crippen molar-refractivity contribution >= 4 is 21.9 Å². The molecule has 0 radical (unpaired) electrons. The number of esters is 1. The van der Waals surface area contributed by atoms with E-state index in [1.54, 1.807) is 0 Å². The number of hydrogen-bond acceptors (Lipinski definition) is 3. The number of alkyl halides is 1. The summed E-state index contributed by atoms with van der Waals surface area (Å²) in [6.45, 7) is 0. The van der Waals surface area contributed by atoms with Gasteiger partial charge >= 0.3 is 5.97 Å². The quantitative estimate of drug-likeness (QED) is 0.625. The fraction of sp³-hybridized carbons (Fsp3) is 0.917. The van der Waals surface area contributed by atoms with Crippen LogP contribution in [0.15, 0.2) is 0 Å². The maximum Gasteiger partial charge on any atom is 0.317 e. The van der Waals surface area contributed by atoms with E-state index >= 15 is 0 Å². The SMILES string of the molecule is O=C(CBr)OC12CC3CC(CC(O)(C3)C1)C2. The topological polar surface area (TPSA) is 46.5 Å². The van der Waals surface area contributed by atoms with Gasteiger partial charge in [0.15, 0.2) is 0 Å². The fourth-order valence-corrected chi connectivity index (χ4v) is 4.63. The van der Waals surface area contributed by atoms with E-state index < -0.39 is 5.60 Å². The Morgan fingerprint density at radius 1 is 1.31 bits per heavy atom. The second-order valence-corrected chi connectivity index (χ2v) is 6.54. The Labute approximate surface area is 104 Å². The van der Waals surface area contributed by atoms with Crippen LogP contribution < -0.4 is 0 Å². The first-order valence-corrected chi connectivity index (χ1v) is 7.15. The lowest BCUT2D eigenvalue weighted by Gasteiger charge is -2.59. The van der Waals surface area contributed by atoms with Crippen molar-refractivity contribution in [2.75, 3.05) is 5.33 Å². The number of aliphatic hydroxyl groups is 1. The number of halogens is 1. The van der Waals surface area contributed by atoms with Crippen LogP contribution in [0.5, 0.6) is 0 Å². The van der Waals surface area contributed by atoms with E-state index in [2.05, 4.69) is 15.9 Å². The molecule has 4 aliphatic rings. The van der Waals surface area contributed by atoms with Gasteiger partial charge in [0.05, 0.1) is 5.60 Å². The van der Waals surface area contributed by atoms with E-state index in [0.717, 1.165) is 25.7 Å². The van der Waals surface area contributed by atoms with Gasteiger partial charge in [0.2, 0.25) is 0 Å². The van der Waals surface area contributed by atoms with E-state index in [1.807, 2.05) is 0 Å². The van der Waals surface area contributed by atoms with Crippen molar-refractivity contribution in [3.05, 3.63) is 0 Å². The van der Waals surface area contributed by atoms with Crippen molar-refractivity contribution in [3.8, 4) is 0 Å². The molecule has 4 saturated carbocycles. The molecule has 0 aromatic rings. The van der Waals surface area contributed by atoms with E-state index in [4.69, 9.17) is 4.74 Å². The third-order valence-electron chi connectivity index (χ3n) is 4.42. The highest BCUT2D eigenvalue weighted by atomic mass is 79.9. The van der Waals surface area contributed by atoms with Gasteiger partial charge in [0, 0.05) is 6.42 Å². The normalized spacial score (nSPS) is 49.4. The molecule has 3 nitrogen and oxygen atoms in total. The number of carbonyl (C=O) groups is 1. The number of ether oxygens (including phenoxy) is 1. The monoisotopic (exact) mass is 288 g/mol. The summed E-state index contributed by atoms with van der Waals surface area (Å²) in [7, 11) is 0. The summed E-state index contributed by atoms with van der Waals surface area (Å²) in [6, 6.07) is 0. The minimum Gasteiger partial charge on any atom is -0.458 e. The molecule has 1 N–H and O–H groups in total. The average molecular weight is 289 g/mol. The van der Waals surface area contributed by atoms with E-state index in [0.29, 0.717) is 18.3 Å². The highest BCUT2D eigenvalue weighted by Crippen LogP contribution is 2.58. The Kier molecular flexibility index (Phi) is 2.38. The number of rotatable bonds is 2. The first-order valence-electron chi connectivity index (χ1n) is 6.03. The van der Waals surface area contributed by atoms with E-state index in [-0.39, 0.29) is 16.9 Å². The lowest BCUT2D eigenvalue weighted by molar-refractivity contribution is -0.217. The molecule has 4 fully saturated rings. The Morgan fingerprint density at radius 2 is 1.94 bits per heavy atom. The maximum absolute atomic E-state index is 11.5. The molecule has 4 heteroatoms. The summed E-state index contributed by atoms with van der Waals surface area (Å²) >= 11 is 3.13. The van der Waals surface area contributed by atoms with Crippen LogP contribution in [-0.4, -0.2) is 27.6 Å². The van der Waals surface area contributed by atoms with Crippen molar-refractivity contribution in [2.24, 2.45) is 11.8 Å². The molecule has 4 rings (SSSR count). The first-order chi connectivity index (χ1) is 7.53. The van der Waals surface area contributed by atoms with Crippen LogP contribution in [0.4, 0.5) is 0 Å². The molecule has 0 aromatic heterocycles. The number of hydrogen-bond donors (Lipinski definition) is 1. The van der Waals surface area contributed by atoms with Gasteiger partial charge in [0.1, 0.15) is 10.9 Å². The van der Waals surface area contributed by atoms with Crippen LogP contribution in [0.1, 0.15) is 38.5 Å². The van der Waals surface area contributed by atoms with Gasteiger partial charge in [0.25, 0.3) is 0 Å². The molecule has 0 heterocycles. The summed E-state index contributed by atoms with van der Waals surface area (Å²) in [5, 5.41) is 10.7. The molecule has 0 aliphatic heterocycles. The molecule has 0 spiro atoms. The lowest BCUT2D eigenvalue weighted by Crippen LogP contribution is -2.60. The Balaban J connectivity index is 1.83. The minimum absolute atomic E-state index is 0.189. The summed E-state index contributed by atoms with van der Waals surface area (Å²) in [6.07, 6.45) is 5.63. The molecule has 2 atom stereocenters. The standard InChI is InChI=1S/C12H17BrO3/c13-6-10(14)16-12-4-8-1-9(5-12)3-11(15,2-8)7-12/h8-9,15H,1-7H2. The molecule has 2 unspecified atom stereocenters. The van der Waals surface area contributed by atoms with Crippen LogP contribution in [0.2, 0.25) is 0 Å². The predicted octanol–water partition coefficient (Wildman–Crippen LogP) is 2.01. The van der Waals surface area contributed by atoms with Crippen molar-refractivity contribution in [1.29, 1.82) is 0 Å². The van der Waals surface area contributed by atoms with Gasteiger partial charge in [-0.15, -0.1) is 0 Å². The van der Waals surface area contributed by atoms with Crippen LogP contribution >= 0.6 is 15.9 Å². The first kappa shape index (κ1) is 11.0. The summed E-state index contributed by atoms with van der Waals surface area (Å²) in [4.78, 5) is 11.5. The van der Waals surface area contributed by atoms with Crippen LogP contribution in [0, 0.1) is 11.8 Å². The van der Waals surface area contributed by atoms with Crippen LogP contribution in [0.25, 0.3) is 0 Å². The van der Waals surface area contributed by atoms with Crippen LogP contribution in [0.3, 0.4) is 0 Å². The van der Waals surface area contributed by atoms with Crippen molar-refractivity contribution < 1.29 is 14.6 Å². The minimum atomic E-state index is -0.545.